The fraction of sp³-hybridized carbons (Fsp3) is 0.381. The monoisotopic (exact) mass is 356 g/mol. The molecule has 1 aromatic carbocycles. The molecule has 1 aromatic heterocycles. The Hall–Kier alpha value is -2.53. The lowest BCUT2D eigenvalue weighted by molar-refractivity contribution is -0.140. The number of hydrogen-bond acceptors (Lipinski definition) is 5. The lowest BCUT2D eigenvalue weighted by atomic mass is 9.81. The van der Waals surface area contributed by atoms with Crippen molar-refractivity contribution in [1.29, 1.82) is 0 Å². The number of aryl methyl sites for hydroxylation is 1. The minimum absolute atomic E-state index is 0.109. The summed E-state index contributed by atoms with van der Waals surface area (Å²) in [6.45, 7) is 7.53. The highest BCUT2D eigenvalue weighted by Crippen LogP contribution is 2.45. The Kier molecular flexibility index (Phi) is 4.92. The predicted octanol–water partition coefficient (Wildman–Crippen LogP) is 4.25. The Bertz CT molecular complexity index is 916. The molecule has 0 unspecified atom stereocenters. The van der Waals surface area contributed by atoms with Crippen molar-refractivity contribution in [3.8, 4) is 5.75 Å². The molecule has 0 spiro atoms. The summed E-state index contributed by atoms with van der Waals surface area (Å²) in [5.74, 6) is 0.128. The van der Waals surface area contributed by atoms with Gasteiger partial charge in [0.1, 0.15) is 6.61 Å². The lowest BCUT2D eigenvalue weighted by Gasteiger charge is -2.28. The average molecular weight is 356 g/mol. The SMILES string of the molecule is C/C=C(/C)C(=O)OCc1c2c(c(OC)c3occ(C)c13)C=C[C@@H](O)[C@@H]2C. The van der Waals surface area contributed by atoms with Crippen LogP contribution in [0.1, 0.15) is 48.9 Å². The van der Waals surface area contributed by atoms with E-state index in [2.05, 4.69) is 0 Å². The standard InChI is InChI=1S/C21H24O5/c1-6-11(2)21(23)26-10-15-17-12(3)9-25-20(17)19(24-5)14-7-8-16(22)13(4)18(14)15/h6-9,13,16,22H,10H2,1-5H3/b11-6-/t13-,16+/m0/s1. The molecule has 5 nitrogen and oxygen atoms in total. The summed E-state index contributed by atoms with van der Waals surface area (Å²) >= 11 is 0. The highest BCUT2D eigenvalue weighted by Gasteiger charge is 2.31. The van der Waals surface area contributed by atoms with Crippen molar-refractivity contribution in [2.24, 2.45) is 0 Å². The van der Waals surface area contributed by atoms with Crippen LogP contribution in [-0.4, -0.2) is 24.3 Å². The third kappa shape index (κ3) is 2.82. The summed E-state index contributed by atoms with van der Waals surface area (Å²) in [7, 11) is 1.60. The smallest absolute Gasteiger partial charge is 0.333 e. The molecule has 0 radical (unpaired) electrons. The molecular formula is C21H24O5. The normalized spacial score (nSPS) is 19.5. The molecule has 0 saturated carbocycles. The van der Waals surface area contributed by atoms with Crippen LogP contribution in [0.5, 0.6) is 5.75 Å². The minimum Gasteiger partial charge on any atom is -0.492 e. The number of rotatable bonds is 4. The molecule has 2 atom stereocenters. The average Bonchev–Trinajstić information content (AvgIpc) is 3.02. The number of aliphatic hydroxyl groups is 1. The van der Waals surface area contributed by atoms with Crippen molar-refractivity contribution in [1.82, 2.24) is 0 Å². The van der Waals surface area contributed by atoms with Crippen LogP contribution in [-0.2, 0) is 16.1 Å². The van der Waals surface area contributed by atoms with E-state index < -0.39 is 6.10 Å². The lowest BCUT2D eigenvalue weighted by Crippen LogP contribution is -2.20. The van der Waals surface area contributed by atoms with Crippen molar-refractivity contribution >= 4 is 23.0 Å². The zero-order valence-corrected chi connectivity index (χ0v) is 15.8. The molecule has 5 heteroatoms. The zero-order chi connectivity index (χ0) is 19.0. The van der Waals surface area contributed by atoms with Gasteiger partial charge in [0.15, 0.2) is 11.3 Å². The van der Waals surface area contributed by atoms with E-state index in [0.717, 1.165) is 27.6 Å². The highest BCUT2D eigenvalue weighted by atomic mass is 16.5. The molecule has 138 valence electrons. The Balaban J connectivity index is 2.22. The number of benzene rings is 1. The molecule has 1 aliphatic carbocycles. The molecule has 1 N–H and O–H groups in total. The van der Waals surface area contributed by atoms with Gasteiger partial charge in [-0.1, -0.05) is 25.2 Å². The number of allylic oxidation sites excluding steroid dienone is 1. The zero-order valence-electron chi connectivity index (χ0n) is 15.8. The van der Waals surface area contributed by atoms with Gasteiger partial charge in [-0.2, -0.15) is 0 Å². The number of furan rings is 1. The van der Waals surface area contributed by atoms with Crippen molar-refractivity contribution in [2.75, 3.05) is 7.11 Å². The summed E-state index contributed by atoms with van der Waals surface area (Å²) in [5.41, 5.74) is 4.77. The number of esters is 1. The molecule has 1 heterocycles. The number of carbonyl (C=O) groups is 1. The maximum atomic E-state index is 12.1. The number of carbonyl (C=O) groups excluding carboxylic acids is 1. The van der Waals surface area contributed by atoms with Gasteiger partial charge in [0, 0.05) is 28.0 Å². The maximum absolute atomic E-state index is 12.1. The number of hydrogen-bond donors (Lipinski definition) is 1. The van der Waals surface area contributed by atoms with E-state index in [9.17, 15) is 9.90 Å². The molecule has 3 rings (SSSR count). The van der Waals surface area contributed by atoms with Crippen LogP contribution in [0.3, 0.4) is 0 Å². The first-order chi connectivity index (χ1) is 12.4. The molecular weight excluding hydrogens is 332 g/mol. The van der Waals surface area contributed by atoms with Crippen molar-refractivity contribution < 1.29 is 23.8 Å². The van der Waals surface area contributed by atoms with Gasteiger partial charge in [-0.15, -0.1) is 0 Å². The van der Waals surface area contributed by atoms with Crippen LogP contribution in [0.2, 0.25) is 0 Å². The Morgan fingerprint density at radius 3 is 2.81 bits per heavy atom. The van der Waals surface area contributed by atoms with E-state index in [1.165, 1.54) is 0 Å². The molecule has 0 aliphatic heterocycles. The van der Waals surface area contributed by atoms with E-state index in [1.54, 1.807) is 39.4 Å². The second-order valence-corrected chi connectivity index (χ2v) is 6.65. The van der Waals surface area contributed by atoms with Gasteiger partial charge in [-0.3, -0.25) is 0 Å². The molecule has 2 aromatic rings. The van der Waals surface area contributed by atoms with Gasteiger partial charge in [-0.25, -0.2) is 4.79 Å². The largest absolute Gasteiger partial charge is 0.492 e. The third-order valence-electron chi connectivity index (χ3n) is 5.08. The number of methoxy groups -OCH3 is 1. The van der Waals surface area contributed by atoms with Gasteiger partial charge in [0.2, 0.25) is 0 Å². The van der Waals surface area contributed by atoms with E-state index in [4.69, 9.17) is 13.9 Å². The van der Waals surface area contributed by atoms with E-state index in [1.807, 2.05) is 19.9 Å². The first kappa shape index (κ1) is 18.3. The maximum Gasteiger partial charge on any atom is 0.333 e. The van der Waals surface area contributed by atoms with Crippen LogP contribution in [0.25, 0.3) is 17.0 Å². The third-order valence-corrected chi connectivity index (χ3v) is 5.08. The number of ether oxygens (including phenoxy) is 2. The fourth-order valence-corrected chi connectivity index (χ4v) is 3.47. The summed E-state index contributed by atoms with van der Waals surface area (Å²) in [6.07, 6.45) is 6.38. The summed E-state index contributed by atoms with van der Waals surface area (Å²) < 4.78 is 16.9. The Morgan fingerprint density at radius 1 is 1.42 bits per heavy atom. The van der Waals surface area contributed by atoms with Crippen molar-refractivity contribution in [3.05, 3.63) is 46.2 Å². The van der Waals surface area contributed by atoms with Gasteiger partial charge in [-0.05, 0) is 31.9 Å². The molecule has 0 saturated heterocycles. The molecule has 0 amide bonds. The van der Waals surface area contributed by atoms with Gasteiger partial charge in [0.25, 0.3) is 0 Å². The molecule has 0 fully saturated rings. The highest BCUT2D eigenvalue weighted by molar-refractivity contribution is 5.95. The molecule has 1 aliphatic rings. The van der Waals surface area contributed by atoms with Crippen molar-refractivity contribution in [3.63, 3.8) is 0 Å². The second-order valence-electron chi connectivity index (χ2n) is 6.65. The Labute approximate surface area is 152 Å². The van der Waals surface area contributed by atoms with Crippen molar-refractivity contribution in [2.45, 2.75) is 46.3 Å². The van der Waals surface area contributed by atoms with E-state index in [-0.39, 0.29) is 18.5 Å². The van der Waals surface area contributed by atoms with E-state index >= 15 is 0 Å². The molecule has 0 bridgehead atoms. The summed E-state index contributed by atoms with van der Waals surface area (Å²) in [4.78, 5) is 12.1. The first-order valence-electron chi connectivity index (χ1n) is 8.67. The van der Waals surface area contributed by atoms with E-state index in [0.29, 0.717) is 16.9 Å². The second kappa shape index (κ2) is 7.00. The van der Waals surface area contributed by atoms with Gasteiger partial charge in [0.05, 0.1) is 19.5 Å². The van der Waals surface area contributed by atoms with Gasteiger partial charge < -0.3 is 19.0 Å². The quantitative estimate of drug-likeness (QED) is 0.655. The number of aliphatic hydroxyl groups excluding tert-OH is 1. The van der Waals surface area contributed by atoms with Crippen LogP contribution in [0.15, 0.2) is 28.4 Å². The summed E-state index contributed by atoms with van der Waals surface area (Å²) in [6, 6.07) is 0. The first-order valence-corrected chi connectivity index (χ1v) is 8.67. The van der Waals surface area contributed by atoms with Gasteiger partial charge >= 0.3 is 5.97 Å². The topological polar surface area (TPSA) is 68.9 Å². The Morgan fingerprint density at radius 2 is 2.15 bits per heavy atom. The van der Waals surface area contributed by atoms with Crippen LogP contribution in [0, 0.1) is 6.92 Å². The number of fused-ring (bicyclic) bond motifs is 2. The predicted molar refractivity (Wildman–Crippen MR) is 100 cm³/mol. The van der Waals surface area contributed by atoms with Crippen LogP contribution >= 0.6 is 0 Å². The fourth-order valence-electron chi connectivity index (χ4n) is 3.47. The molecule has 26 heavy (non-hydrogen) atoms. The summed E-state index contributed by atoms with van der Waals surface area (Å²) in [5, 5.41) is 11.2. The van der Waals surface area contributed by atoms with Crippen LogP contribution < -0.4 is 4.74 Å². The minimum atomic E-state index is -0.608. The van der Waals surface area contributed by atoms with Crippen LogP contribution in [0.4, 0.5) is 0 Å².